The number of benzene rings is 1. The quantitative estimate of drug-likeness (QED) is 0.527. The summed E-state index contributed by atoms with van der Waals surface area (Å²) in [6.07, 6.45) is 0.120. The van der Waals surface area contributed by atoms with Crippen LogP contribution in [0.5, 0.6) is 0 Å². The summed E-state index contributed by atoms with van der Waals surface area (Å²) in [5, 5.41) is 0. The SMILES string of the molecule is CCOC(=O)c1nc2c(=O)[nH]c3cc(C(F)(F)F)ccc3n2c1Cn1ccnc1. The second kappa shape index (κ2) is 6.76. The summed E-state index contributed by atoms with van der Waals surface area (Å²) in [6, 6.07) is 2.99. The standard InChI is InChI=1S/C18H14F3N5O3/c1-2-29-17(28)14-13(8-25-6-5-22-9-25)26-12-4-3-10(18(19,20)21)7-11(12)23-16(27)15(26)24-14/h3-7,9H,2,8H2,1H3,(H,23,27). The first kappa shape index (κ1) is 18.7. The van der Waals surface area contributed by atoms with Crippen LogP contribution in [0, 0.1) is 0 Å². The Morgan fingerprint density at radius 1 is 1.31 bits per heavy atom. The summed E-state index contributed by atoms with van der Waals surface area (Å²) in [5.74, 6) is -0.731. The van der Waals surface area contributed by atoms with Gasteiger partial charge < -0.3 is 14.3 Å². The molecule has 4 rings (SSSR count). The number of halogens is 3. The van der Waals surface area contributed by atoms with E-state index in [4.69, 9.17) is 4.74 Å². The second-order valence-corrected chi connectivity index (χ2v) is 6.21. The number of hydrogen-bond donors (Lipinski definition) is 1. The molecule has 4 aromatic rings. The Labute approximate surface area is 160 Å². The fourth-order valence-electron chi connectivity index (χ4n) is 3.11. The lowest BCUT2D eigenvalue weighted by Crippen LogP contribution is -2.14. The highest BCUT2D eigenvalue weighted by molar-refractivity contribution is 5.91. The van der Waals surface area contributed by atoms with Crippen LogP contribution in [0.4, 0.5) is 13.2 Å². The number of H-pyrrole nitrogens is 1. The summed E-state index contributed by atoms with van der Waals surface area (Å²) < 4.78 is 47.3. The number of carbonyl (C=O) groups is 1. The van der Waals surface area contributed by atoms with Crippen LogP contribution in [0.1, 0.15) is 28.7 Å². The molecule has 0 aliphatic rings. The van der Waals surface area contributed by atoms with Crippen molar-refractivity contribution in [1.82, 2.24) is 23.9 Å². The first-order valence-corrected chi connectivity index (χ1v) is 8.57. The van der Waals surface area contributed by atoms with E-state index in [1.807, 2.05) is 0 Å². The monoisotopic (exact) mass is 405 g/mol. The predicted octanol–water partition coefficient (Wildman–Crippen LogP) is 2.62. The smallest absolute Gasteiger partial charge is 0.416 e. The summed E-state index contributed by atoms with van der Waals surface area (Å²) in [4.78, 5) is 35.4. The van der Waals surface area contributed by atoms with Gasteiger partial charge in [0.05, 0.1) is 41.8 Å². The molecule has 0 atom stereocenters. The number of imidazole rings is 2. The number of aromatic nitrogens is 5. The van der Waals surface area contributed by atoms with Crippen molar-refractivity contribution in [2.24, 2.45) is 0 Å². The zero-order valence-electron chi connectivity index (χ0n) is 15.0. The molecule has 0 amide bonds. The van der Waals surface area contributed by atoms with Crippen molar-refractivity contribution >= 4 is 22.6 Å². The Morgan fingerprint density at radius 2 is 2.10 bits per heavy atom. The summed E-state index contributed by atoms with van der Waals surface area (Å²) in [5.41, 5.74) is -1.29. The van der Waals surface area contributed by atoms with Gasteiger partial charge in [-0.05, 0) is 25.1 Å². The van der Waals surface area contributed by atoms with Gasteiger partial charge in [-0.25, -0.2) is 14.8 Å². The lowest BCUT2D eigenvalue weighted by Gasteiger charge is -2.11. The van der Waals surface area contributed by atoms with E-state index in [-0.39, 0.29) is 35.5 Å². The first-order chi connectivity index (χ1) is 13.8. The topological polar surface area (TPSA) is 94.3 Å². The second-order valence-electron chi connectivity index (χ2n) is 6.21. The van der Waals surface area contributed by atoms with E-state index < -0.39 is 23.3 Å². The minimum Gasteiger partial charge on any atom is -0.461 e. The number of esters is 1. The molecule has 1 N–H and O–H groups in total. The Balaban J connectivity index is 2.04. The van der Waals surface area contributed by atoms with E-state index in [0.29, 0.717) is 5.69 Å². The van der Waals surface area contributed by atoms with Crippen molar-refractivity contribution in [2.75, 3.05) is 6.61 Å². The van der Waals surface area contributed by atoms with E-state index in [1.54, 1.807) is 17.7 Å². The van der Waals surface area contributed by atoms with Gasteiger partial charge in [-0.15, -0.1) is 0 Å². The summed E-state index contributed by atoms with van der Waals surface area (Å²) in [7, 11) is 0. The number of rotatable bonds is 4. The van der Waals surface area contributed by atoms with Crippen LogP contribution in [0.15, 0.2) is 41.7 Å². The van der Waals surface area contributed by atoms with Crippen molar-refractivity contribution in [3.05, 3.63) is 64.2 Å². The molecule has 0 saturated heterocycles. The molecule has 1 aromatic carbocycles. The highest BCUT2D eigenvalue weighted by atomic mass is 19.4. The van der Waals surface area contributed by atoms with Gasteiger partial charge in [0.2, 0.25) is 5.65 Å². The highest BCUT2D eigenvalue weighted by Crippen LogP contribution is 2.31. The average molecular weight is 405 g/mol. The molecule has 3 heterocycles. The molecule has 0 saturated carbocycles. The molecule has 0 fully saturated rings. The fourth-order valence-corrected chi connectivity index (χ4v) is 3.11. The number of nitrogens with zero attached hydrogens (tertiary/aromatic N) is 4. The van der Waals surface area contributed by atoms with Crippen molar-refractivity contribution in [1.29, 1.82) is 0 Å². The van der Waals surface area contributed by atoms with Crippen LogP contribution < -0.4 is 5.56 Å². The van der Waals surface area contributed by atoms with Crippen LogP contribution in [0.2, 0.25) is 0 Å². The van der Waals surface area contributed by atoms with Crippen LogP contribution in [0.25, 0.3) is 16.7 Å². The fraction of sp³-hybridized carbons (Fsp3) is 0.222. The van der Waals surface area contributed by atoms with E-state index in [9.17, 15) is 22.8 Å². The maximum Gasteiger partial charge on any atom is 0.416 e. The van der Waals surface area contributed by atoms with E-state index in [1.165, 1.54) is 23.0 Å². The third kappa shape index (κ3) is 3.24. The number of alkyl halides is 3. The highest BCUT2D eigenvalue weighted by Gasteiger charge is 2.31. The molecule has 150 valence electrons. The van der Waals surface area contributed by atoms with Gasteiger partial charge >= 0.3 is 12.1 Å². The molecule has 0 spiro atoms. The van der Waals surface area contributed by atoms with Crippen LogP contribution in [-0.2, 0) is 17.5 Å². The van der Waals surface area contributed by atoms with Crippen molar-refractivity contribution in [2.45, 2.75) is 19.6 Å². The molecule has 0 unspecified atom stereocenters. The Kier molecular flexibility index (Phi) is 4.36. The minimum absolute atomic E-state index is 0.0305. The minimum atomic E-state index is -4.56. The molecule has 11 heteroatoms. The lowest BCUT2D eigenvalue weighted by molar-refractivity contribution is -0.137. The zero-order valence-corrected chi connectivity index (χ0v) is 15.0. The van der Waals surface area contributed by atoms with Crippen molar-refractivity contribution in [3.8, 4) is 0 Å². The van der Waals surface area contributed by atoms with E-state index in [2.05, 4.69) is 15.0 Å². The summed E-state index contributed by atoms with van der Waals surface area (Å²) in [6.45, 7) is 1.84. The molecule has 0 aliphatic heterocycles. The van der Waals surface area contributed by atoms with Gasteiger partial charge in [-0.3, -0.25) is 9.20 Å². The number of nitrogens with one attached hydrogen (secondary N) is 1. The third-order valence-corrected chi connectivity index (χ3v) is 4.35. The maximum atomic E-state index is 13.1. The Morgan fingerprint density at radius 3 is 2.76 bits per heavy atom. The summed E-state index contributed by atoms with van der Waals surface area (Å²) >= 11 is 0. The van der Waals surface area contributed by atoms with Gasteiger partial charge in [0.15, 0.2) is 5.69 Å². The molecule has 29 heavy (non-hydrogen) atoms. The predicted molar refractivity (Wildman–Crippen MR) is 95.6 cm³/mol. The van der Waals surface area contributed by atoms with Crippen LogP contribution in [-0.4, -0.2) is 36.5 Å². The van der Waals surface area contributed by atoms with Gasteiger partial charge in [0.25, 0.3) is 5.56 Å². The van der Waals surface area contributed by atoms with Gasteiger partial charge in [0, 0.05) is 12.4 Å². The molecule has 0 radical (unpaired) electrons. The molecule has 8 nitrogen and oxygen atoms in total. The first-order valence-electron chi connectivity index (χ1n) is 8.57. The van der Waals surface area contributed by atoms with Crippen molar-refractivity contribution in [3.63, 3.8) is 0 Å². The largest absolute Gasteiger partial charge is 0.461 e. The molecule has 0 bridgehead atoms. The van der Waals surface area contributed by atoms with Gasteiger partial charge in [-0.2, -0.15) is 13.2 Å². The maximum absolute atomic E-state index is 13.1. The lowest BCUT2D eigenvalue weighted by atomic mass is 10.2. The zero-order chi connectivity index (χ0) is 20.8. The van der Waals surface area contributed by atoms with Gasteiger partial charge in [-0.1, -0.05) is 0 Å². The molecular formula is C18H14F3N5O3. The van der Waals surface area contributed by atoms with Crippen LogP contribution >= 0.6 is 0 Å². The van der Waals surface area contributed by atoms with Crippen LogP contribution in [0.3, 0.4) is 0 Å². The van der Waals surface area contributed by atoms with Gasteiger partial charge in [0.1, 0.15) is 0 Å². The molecule has 3 aromatic heterocycles. The van der Waals surface area contributed by atoms with Crippen molar-refractivity contribution < 1.29 is 22.7 Å². The molecule has 0 aliphatic carbocycles. The number of aromatic amines is 1. The Hall–Kier alpha value is -3.63. The molecular weight excluding hydrogens is 391 g/mol. The number of fused-ring (bicyclic) bond motifs is 3. The Bertz CT molecular complexity index is 1270. The van der Waals surface area contributed by atoms with E-state index in [0.717, 1.165) is 12.1 Å². The number of hydrogen-bond acceptors (Lipinski definition) is 5. The third-order valence-electron chi connectivity index (χ3n) is 4.35. The number of carbonyl (C=O) groups excluding carboxylic acids is 1. The van der Waals surface area contributed by atoms with E-state index >= 15 is 0 Å². The normalized spacial score (nSPS) is 12.0. The average Bonchev–Trinajstić information content (AvgIpc) is 3.30. The number of ether oxygens (including phenoxy) is 1.